The van der Waals surface area contributed by atoms with Crippen molar-refractivity contribution in [3.63, 3.8) is 0 Å². The molecule has 0 heterocycles. The lowest BCUT2D eigenvalue weighted by molar-refractivity contribution is 0.120. The van der Waals surface area contributed by atoms with Crippen LogP contribution in [0.4, 0.5) is 0 Å². The van der Waals surface area contributed by atoms with E-state index in [2.05, 4.69) is 56.4 Å². The van der Waals surface area contributed by atoms with Crippen molar-refractivity contribution in [3.8, 4) is 0 Å². The Labute approximate surface area is 111 Å². The third-order valence-corrected chi connectivity index (χ3v) is 6.19. The van der Waals surface area contributed by atoms with E-state index < -0.39 is 0 Å². The van der Waals surface area contributed by atoms with Gasteiger partial charge in [-0.1, -0.05) is 51.1 Å². The van der Waals surface area contributed by atoms with E-state index in [0.717, 1.165) is 12.5 Å². The minimum absolute atomic E-state index is 0.493. The quantitative estimate of drug-likeness (QED) is 0.846. The molecule has 3 rings (SSSR count). The summed E-state index contributed by atoms with van der Waals surface area (Å²) >= 11 is 0. The maximum absolute atomic E-state index is 3.83. The zero-order valence-corrected chi connectivity index (χ0v) is 11.9. The van der Waals surface area contributed by atoms with Crippen LogP contribution in [0.1, 0.15) is 45.6 Å². The Kier molecular flexibility index (Phi) is 2.78. The largest absolute Gasteiger partial charge is 0.309 e. The van der Waals surface area contributed by atoms with E-state index in [1.54, 1.807) is 0 Å². The van der Waals surface area contributed by atoms with E-state index >= 15 is 0 Å². The van der Waals surface area contributed by atoms with E-state index in [9.17, 15) is 0 Å². The molecule has 0 saturated heterocycles. The molecule has 2 fully saturated rings. The maximum Gasteiger partial charge on any atom is 0.0208 e. The summed E-state index contributed by atoms with van der Waals surface area (Å²) in [6, 6.07) is 11.5. The number of hydrogen-bond acceptors (Lipinski definition) is 1. The maximum atomic E-state index is 3.83. The van der Waals surface area contributed by atoms with Gasteiger partial charge in [0.15, 0.2) is 0 Å². The first kappa shape index (κ1) is 12.2. The summed E-state index contributed by atoms with van der Waals surface area (Å²) in [4.78, 5) is 0. The zero-order valence-electron chi connectivity index (χ0n) is 11.9. The van der Waals surface area contributed by atoms with Crippen molar-refractivity contribution in [2.45, 2.75) is 52.6 Å². The summed E-state index contributed by atoms with van der Waals surface area (Å²) in [7, 11) is 0. The van der Waals surface area contributed by atoms with Crippen LogP contribution in [0.25, 0.3) is 0 Å². The van der Waals surface area contributed by atoms with E-state index in [1.165, 1.54) is 24.8 Å². The summed E-state index contributed by atoms with van der Waals surface area (Å²) in [5, 5.41) is 3.83. The molecule has 1 N–H and O–H groups in total. The number of fused-ring (bicyclic) bond motifs is 2. The predicted molar refractivity (Wildman–Crippen MR) is 76.3 cm³/mol. The minimum atomic E-state index is 0.493. The molecule has 1 aromatic carbocycles. The van der Waals surface area contributed by atoms with Crippen molar-refractivity contribution in [1.29, 1.82) is 0 Å². The van der Waals surface area contributed by atoms with Crippen LogP contribution >= 0.6 is 0 Å². The molecule has 2 aliphatic rings. The van der Waals surface area contributed by atoms with Crippen molar-refractivity contribution in [2.24, 2.45) is 16.7 Å². The van der Waals surface area contributed by atoms with E-state index in [1.807, 2.05) is 0 Å². The van der Waals surface area contributed by atoms with Crippen LogP contribution < -0.4 is 5.32 Å². The molecule has 18 heavy (non-hydrogen) atoms. The fourth-order valence-electron chi connectivity index (χ4n) is 4.35. The molecular weight excluding hydrogens is 218 g/mol. The lowest BCUT2D eigenvalue weighted by Crippen LogP contribution is -2.44. The van der Waals surface area contributed by atoms with Crippen LogP contribution in [-0.2, 0) is 6.54 Å². The van der Waals surface area contributed by atoms with Gasteiger partial charge in [-0.2, -0.15) is 0 Å². The third kappa shape index (κ3) is 1.64. The van der Waals surface area contributed by atoms with Gasteiger partial charge in [-0.15, -0.1) is 0 Å². The van der Waals surface area contributed by atoms with Gasteiger partial charge in [0.1, 0.15) is 0 Å². The zero-order chi connectivity index (χ0) is 12.8. The van der Waals surface area contributed by atoms with Crippen molar-refractivity contribution < 1.29 is 0 Å². The van der Waals surface area contributed by atoms with Gasteiger partial charge in [0.05, 0.1) is 0 Å². The number of benzene rings is 1. The van der Waals surface area contributed by atoms with Crippen LogP contribution in [0.2, 0.25) is 0 Å². The van der Waals surface area contributed by atoms with Gasteiger partial charge in [-0.25, -0.2) is 0 Å². The fraction of sp³-hybridized carbons (Fsp3) is 0.647. The summed E-state index contributed by atoms with van der Waals surface area (Å²) in [6.07, 6.45) is 4.21. The molecule has 1 unspecified atom stereocenters. The van der Waals surface area contributed by atoms with Gasteiger partial charge >= 0.3 is 0 Å². The molecule has 1 nitrogen and oxygen atoms in total. The molecule has 3 atom stereocenters. The topological polar surface area (TPSA) is 12.0 Å². The lowest BCUT2D eigenvalue weighted by atomic mass is 9.69. The second-order valence-corrected chi connectivity index (χ2v) is 7.03. The third-order valence-electron chi connectivity index (χ3n) is 6.19. The average Bonchev–Trinajstić information content (AvgIpc) is 2.70. The predicted octanol–water partition coefficient (Wildman–Crippen LogP) is 3.99. The van der Waals surface area contributed by atoms with Crippen LogP contribution in [-0.4, -0.2) is 6.04 Å². The first-order valence-electron chi connectivity index (χ1n) is 7.31. The highest BCUT2D eigenvalue weighted by molar-refractivity contribution is 5.17. The number of nitrogens with one attached hydrogen (secondary N) is 1. The van der Waals surface area contributed by atoms with Crippen LogP contribution in [0.3, 0.4) is 0 Å². The summed E-state index contributed by atoms with van der Waals surface area (Å²) in [5.74, 6) is 0.927. The lowest BCUT2D eigenvalue weighted by Gasteiger charge is -2.39. The Morgan fingerprint density at radius 2 is 1.89 bits per heavy atom. The SMILES string of the molecule is CC1(C)[C@H]2CC[C@]1(C)C(NCc1ccccc1)C2. The Balaban J connectivity index is 1.69. The van der Waals surface area contributed by atoms with Crippen LogP contribution in [0.5, 0.6) is 0 Å². The molecule has 0 aromatic heterocycles. The van der Waals surface area contributed by atoms with E-state index in [4.69, 9.17) is 0 Å². The first-order chi connectivity index (χ1) is 8.54. The minimum Gasteiger partial charge on any atom is -0.309 e. The second-order valence-electron chi connectivity index (χ2n) is 7.03. The molecule has 2 saturated carbocycles. The molecule has 0 amide bonds. The van der Waals surface area contributed by atoms with E-state index in [-0.39, 0.29) is 0 Å². The summed E-state index contributed by atoms with van der Waals surface area (Å²) in [6.45, 7) is 8.48. The van der Waals surface area contributed by atoms with Gasteiger partial charge in [0.25, 0.3) is 0 Å². The van der Waals surface area contributed by atoms with Gasteiger partial charge in [-0.05, 0) is 41.6 Å². The normalized spacial score (nSPS) is 37.1. The summed E-state index contributed by atoms with van der Waals surface area (Å²) in [5.41, 5.74) is 2.41. The molecule has 0 spiro atoms. The van der Waals surface area contributed by atoms with E-state index in [0.29, 0.717) is 16.9 Å². The summed E-state index contributed by atoms with van der Waals surface area (Å²) < 4.78 is 0. The van der Waals surface area contributed by atoms with Gasteiger partial charge in [0.2, 0.25) is 0 Å². The Morgan fingerprint density at radius 1 is 1.17 bits per heavy atom. The number of rotatable bonds is 3. The standard InChI is InChI=1S/C17H25N/c1-16(2)14-9-10-17(16,3)15(11-14)18-12-13-7-5-4-6-8-13/h4-8,14-15,18H,9-12H2,1-3H3/t14-,15?,17+/m0/s1. The van der Waals surface area contributed by atoms with Gasteiger partial charge < -0.3 is 5.32 Å². The smallest absolute Gasteiger partial charge is 0.0208 e. The molecule has 0 radical (unpaired) electrons. The molecule has 1 heteroatoms. The monoisotopic (exact) mass is 243 g/mol. The second kappa shape index (κ2) is 4.09. The highest BCUT2D eigenvalue weighted by Crippen LogP contribution is 2.65. The Bertz CT molecular complexity index is 422. The van der Waals surface area contributed by atoms with Crippen LogP contribution in [0.15, 0.2) is 30.3 Å². The molecule has 98 valence electrons. The van der Waals surface area contributed by atoms with Crippen molar-refractivity contribution in [3.05, 3.63) is 35.9 Å². The first-order valence-corrected chi connectivity index (χ1v) is 7.31. The average molecular weight is 243 g/mol. The van der Waals surface area contributed by atoms with Gasteiger partial charge in [0, 0.05) is 12.6 Å². The molecule has 1 aromatic rings. The highest BCUT2D eigenvalue weighted by atomic mass is 15.0. The molecule has 2 aliphatic carbocycles. The van der Waals surface area contributed by atoms with Crippen LogP contribution in [0, 0.1) is 16.7 Å². The highest BCUT2D eigenvalue weighted by Gasteiger charge is 2.60. The van der Waals surface area contributed by atoms with Crippen molar-refractivity contribution in [2.75, 3.05) is 0 Å². The Morgan fingerprint density at radius 3 is 2.44 bits per heavy atom. The van der Waals surface area contributed by atoms with Gasteiger partial charge in [-0.3, -0.25) is 0 Å². The Hall–Kier alpha value is -0.820. The molecule has 2 bridgehead atoms. The number of hydrogen-bond donors (Lipinski definition) is 1. The molecule has 0 aliphatic heterocycles. The fourth-order valence-corrected chi connectivity index (χ4v) is 4.35. The van der Waals surface area contributed by atoms with Crippen molar-refractivity contribution >= 4 is 0 Å². The van der Waals surface area contributed by atoms with Crippen molar-refractivity contribution in [1.82, 2.24) is 5.32 Å². The molecular formula is C17H25N.